The van der Waals surface area contributed by atoms with E-state index in [4.69, 9.17) is 21.1 Å². The third-order valence-corrected chi connectivity index (χ3v) is 5.18. The summed E-state index contributed by atoms with van der Waals surface area (Å²) in [7, 11) is 0. The molecule has 4 rings (SSSR count). The number of hydrogen-bond acceptors (Lipinski definition) is 4. The Kier molecular flexibility index (Phi) is 5.02. The van der Waals surface area contributed by atoms with Crippen LogP contribution in [0, 0.1) is 6.92 Å². The first-order valence-electron chi connectivity index (χ1n) is 9.16. The summed E-state index contributed by atoms with van der Waals surface area (Å²) in [6.45, 7) is 3.24. The fraction of sp³-hybridized carbons (Fsp3) is 0.227. The molecule has 0 bridgehead atoms. The van der Waals surface area contributed by atoms with E-state index in [1.807, 2.05) is 0 Å². The number of aromatic nitrogens is 1. The van der Waals surface area contributed by atoms with Gasteiger partial charge in [-0.3, -0.25) is 9.79 Å². The van der Waals surface area contributed by atoms with E-state index in [1.54, 1.807) is 25.1 Å². The molecule has 0 fully saturated rings. The number of fused-ring (bicyclic) bond motifs is 3. The van der Waals surface area contributed by atoms with E-state index in [0.717, 1.165) is 23.3 Å². The lowest BCUT2D eigenvalue weighted by Gasteiger charge is -2.13. The Morgan fingerprint density at radius 2 is 1.83 bits per heavy atom. The van der Waals surface area contributed by atoms with Crippen molar-refractivity contribution in [3.05, 3.63) is 75.6 Å². The van der Waals surface area contributed by atoms with Crippen LogP contribution in [0.4, 0.5) is 13.2 Å². The van der Waals surface area contributed by atoms with Crippen LogP contribution in [0.15, 0.2) is 52.0 Å². The number of benzene rings is 2. The van der Waals surface area contributed by atoms with Crippen LogP contribution in [0.25, 0.3) is 11.1 Å². The predicted octanol–water partition coefficient (Wildman–Crippen LogP) is 6.19. The van der Waals surface area contributed by atoms with Gasteiger partial charge in [0.15, 0.2) is 5.76 Å². The average molecular weight is 433 g/mol. The zero-order chi connectivity index (χ0) is 21.6. The minimum absolute atomic E-state index is 0.0769. The molecule has 8 heteroatoms. The van der Waals surface area contributed by atoms with E-state index in [2.05, 4.69) is 5.16 Å². The van der Waals surface area contributed by atoms with Crippen molar-refractivity contribution in [2.75, 3.05) is 0 Å². The second-order valence-corrected chi connectivity index (χ2v) is 7.61. The van der Waals surface area contributed by atoms with Gasteiger partial charge in [-0.1, -0.05) is 35.0 Å². The molecule has 2 aromatic carbocycles. The minimum Gasteiger partial charge on any atom is -0.358 e. The molecule has 1 aromatic heterocycles. The van der Waals surface area contributed by atoms with Gasteiger partial charge in [-0.05, 0) is 43.7 Å². The van der Waals surface area contributed by atoms with Crippen molar-refractivity contribution >= 4 is 23.1 Å². The van der Waals surface area contributed by atoms with Crippen LogP contribution in [-0.4, -0.2) is 16.7 Å². The second-order valence-electron chi connectivity index (χ2n) is 7.17. The number of nitrogens with zero attached hydrogens (tertiary/aromatic N) is 2. The van der Waals surface area contributed by atoms with Gasteiger partial charge in [0.2, 0.25) is 0 Å². The normalized spacial score (nSPS) is 15.8. The number of aryl methyl sites for hydroxylation is 1. The first kappa shape index (κ1) is 20.3. The number of aliphatic imine (C=N–C) groups is 1. The molecule has 0 spiro atoms. The zero-order valence-electron chi connectivity index (χ0n) is 16.0. The Morgan fingerprint density at radius 3 is 2.47 bits per heavy atom. The first-order chi connectivity index (χ1) is 14.1. The lowest BCUT2D eigenvalue weighted by Crippen LogP contribution is -2.09. The number of hydrogen-bond donors (Lipinski definition) is 0. The second kappa shape index (κ2) is 7.40. The van der Waals surface area contributed by atoms with Gasteiger partial charge in [-0.25, -0.2) is 0 Å². The fourth-order valence-electron chi connectivity index (χ4n) is 3.61. The Morgan fingerprint density at radius 1 is 1.13 bits per heavy atom. The summed E-state index contributed by atoms with van der Waals surface area (Å²) < 4.78 is 44.5. The molecule has 0 saturated carbocycles. The number of rotatable bonds is 3. The Labute approximate surface area is 175 Å². The van der Waals surface area contributed by atoms with E-state index < -0.39 is 17.8 Å². The van der Waals surface area contributed by atoms with E-state index in [-0.39, 0.29) is 12.2 Å². The quantitative estimate of drug-likeness (QED) is 0.495. The fourth-order valence-corrected chi connectivity index (χ4v) is 3.79. The van der Waals surface area contributed by atoms with E-state index in [1.165, 1.54) is 19.1 Å². The molecule has 0 amide bonds. The molecular formula is C22H16ClF3N2O2. The van der Waals surface area contributed by atoms with Crippen LogP contribution < -0.4 is 0 Å². The van der Waals surface area contributed by atoms with Gasteiger partial charge in [0.1, 0.15) is 11.8 Å². The van der Waals surface area contributed by atoms with Crippen LogP contribution in [0.3, 0.4) is 0 Å². The van der Waals surface area contributed by atoms with Gasteiger partial charge >= 0.3 is 6.18 Å². The highest BCUT2D eigenvalue weighted by atomic mass is 35.5. The van der Waals surface area contributed by atoms with E-state index in [0.29, 0.717) is 33.3 Å². The summed E-state index contributed by atoms with van der Waals surface area (Å²) in [5.74, 6) is 0.354. The molecule has 154 valence electrons. The van der Waals surface area contributed by atoms with E-state index >= 15 is 0 Å². The monoisotopic (exact) mass is 432 g/mol. The smallest absolute Gasteiger partial charge is 0.358 e. The van der Waals surface area contributed by atoms with Crippen LogP contribution in [0.5, 0.6) is 0 Å². The highest BCUT2D eigenvalue weighted by Crippen LogP contribution is 2.41. The maximum Gasteiger partial charge on any atom is 0.416 e. The summed E-state index contributed by atoms with van der Waals surface area (Å²) in [4.78, 5) is 16.6. The van der Waals surface area contributed by atoms with Crippen LogP contribution in [0.2, 0.25) is 5.02 Å². The van der Waals surface area contributed by atoms with Crippen molar-refractivity contribution in [1.82, 2.24) is 5.16 Å². The largest absolute Gasteiger partial charge is 0.416 e. The van der Waals surface area contributed by atoms with Crippen LogP contribution in [-0.2, 0) is 11.0 Å². The molecule has 0 unspecified atom stereocenters. The van der Waals surface area contributed by atoms with Crippen LogP contribution in [0.1, 0.15) is 47.5 Å². The molecule has 1 aliphatic rings. The minimum atomic E-state index is -4.44. The van der Waals surface area contributed by atoms with E-state index in [9.17, 15) is 18.0 Å². The van der Waals surface area contributed by atoms with Crippen molar-refractivity contribution < 1.29 is 22.5 Å². The van der Waals surface area contributed by atoms with Crippen molar-refractivity contribution in [1.29, 1.82) is 0 Å². The van der Waals surface area contributed by atoms with Crippen molar-refractivity contribution in [2.45, 2.75) is 32.5 Å². The molecule has 2 heterocycles. The SMILES string of the molecule is CC(=O)C[C@@H]1N=C(c2ccc(C(F)(F)F)cc2)c2cc(Cl)ccc2-c2c(C)noc21. The molecule has 1 atom stereocenters. The van der Waals surface area contributed by atoms with Crippen molar-refractivity contribution in [3.63, 3.8) is 0 Å². The first-order valence-corrected chi connectivity index (χ1v) is 9.54. The number of carbonyl (C=O) groups is 1. The number of ketones is 1. The topological polar surface area (TPSA) is 55.5 Å². The summed E-state index contributed by atoms with van der Waals surface area (Å²) in [6, 6.07) is 9.34. The number of halogens is 4. The highest BCUT2D eigenvalue weighted by molar-refractivity contribution is 6.31. The van der Waals surface area contributed by atoms with Gasteiger partial charge in [-0.2, -0.15) is 13.2 Å². The molecule has 0 aliphatic carbocycles. The van der Waals surface area contributed by atoms with Crippen LogP contribution >= 0.6 is 11.6 Å². The molecule has 1 aliphatic heterocycles. The third kappa shape index (κ3) is 3.65. The average Bonchev–Trinajstić information content (AvgIpc) is 2.99. The number of carbonyl (C=O) groups excluding carboxylic acids is 1. The maximum atomic E-state index is 13.0. The molecule has 0 saturated heterocycles. The predicted molar refractivity (Wildman–Crippen MR) is 107 cm³/mol. The van der Waals surface area contributed by atoms with Gasteiger partial charge in [-0.15, -0.1) is 0 Å². The van der Waals surface area contributed by atoms with Gasteiger partial charge < -0.3 is 4.52 Å². The van der Waals surface area contributed by atoms with Gasteiger partial charge in [0.25, 0.3) is 0 Å². The molecule has 3 aromatic rings. The summed E-state index contributed by atoms with van der Waals surface area (Å²) >= 11 is 6.23. The van der Waals surface area contributed by atoms with Gasteiger partial charge in [0.05, 0.1) is 22.5 Å². The highest BCUT2D eigenvalue weighted by Gasteiger charge is 2.33. The molecule has 0 N–H and O–H groups in total. The Balaban J connectivity index is 1.96. The molecular weight excluding hydrogens is 417 g/mol. The lowest BCUT2D eigenvalue weighted by atomic mass is 9.92. The molecule has 4 nitrogen and oxygen atoms in total. The maximum absolute atomic E-state index is 13.0. The van der Waals surface area contributed by atoms with Crippen molar-refractivity contribution in [3.8, 4) is 11.1 Å². The Bertz CT molecular complexity index is 1160. The number of Topliss-reactive ketones (excluding diaryl/α,β-unsaturated/α-hetero) is 1. The number of alkyl halides is 3. The standard InChI is InChI=1S/C22H16ClF3N2O2/c1-11(29)9-18-21-19(12(2)28-30-21)16-8-7-15(23)10-17(16)20(27-18)13-3-5-14(6-4-13)22(24,25)26/h3-8,10,18H,9H2,1-2H3/t18-/m0/s1. The summed E-state index contributed by atoms with van der Waals surface area (Å²) in [5.41, 5.74) is 2.91. The third-order valence-electron chi connectivity index (χ3n) is 4.95. The lowest BCUT2D eigenvalue weighted by molar-refractivity contribution is -0.137. The molecule has 0 radical (unpaired) electrons. The molecule has 30 heavy (non-hydrogen) atoms. The summed E-state index contributed by atoms with van der Waals surface area (Å²) in [6.07, 6.45) is -4.36. The van der Waals surface area contributed by atoms with Gasteiger partial charge in [0, 0.05) is 22.6 Å². The Hall–Kier alpha value is -2.93. The zero-order valence-corrected chi connectivity index (χ0v) is 16.8. The summed E-state index contributed by atoms with van der Waals surface area (Å²) in [5, 5.41) is 4.49. The van der Waals surface area contributed by atoms with Crippen molar-refractivity contribution in [2.24, 2.45) is 4.99 Å².